The molecule has 0 N–H and O–H groups in total. The van der Waals surface area contributed by atoms with Crippen LogP contribution in [0.25, 0.3) is 0 Å². The van der Waals surface area contributed by atoms with Crippen molar-refractivity contribution in [1.82, 2.24) is 4.90 Å². The first-order chi connectivity index (χ1) is 11.9. The lowest BCUT2D eigenvalue weighted by molar-refractivity contribution is -0.139. The summed E-state index contributed by atoms with van der Waals surface area (Å²) >= 11 is 1.41. The Morgan fingerprint density at radius 1 is 1.36 bits per heavy atom. The van der Waals surface area contributed by atoms with Crippen molar-refractivity contribution < 1.29 is 14.3 Å². The predicted octanol–water partition coefficient (Wildman–Crippen LogP) is 3.63. The SMILES string of the molecule is CCOC(=O)C1=C(C)N=C2SCC(=O)N2C1c1ccc(C(C)C)cc1. The summed E-state index contributed by atoms with van der Waals surface area (Å²) in [5.41, 5.74) is 3.17. The van der Waals surface area contributed by atoms with Crippen LogP contribution in [-0.4, -0.2) is 34.3 Å². The standard InChI is InChI=1S/C19H22N2O3S/c1-5-24-18(23)16-12(4)20-19-21(15(22)10-25-19)17(16)14-8-6-13(7-9-14)11(2)3/h6-9,11,17H,5,10H2,1-4H3. The number of nitrogens with zero attached hydrogens (tertiary/aromatic N) is 2. The van der Waals surface area contributed by atoms with Gasteiger partial charge >= 0.3 is 5.97 Å². The number of fused-ring (bicyclic) bond motifs is 1. The molecular weight excluding hydrogens is 336 g/mol. The van der Waals surface area contributed by atoms with Crippen LogP contribution in [0.3, 0.4) is 0 Å². The number of rotatable bonds is 4. The normalized spacial score (nSPS) is 20.0. The zero-order valence-electron chi connectivity index (χ0n) is 14.9. The fraction of sp³-hybridized carbons (Fsp3) is 0.421. The highest BCUT2D eigenvalue weighted by atomic mass is 32.2. The van der Waals surface area contributed by atoms with Crippen LogP contribution < -0.4 is 0 Å². The van der Waals surface area contributed by atoms with Crippen molar-refractivity contribution in [2.45, 2.75) is 39.7 Å². The van der Waals surface area contributed by atoms with Crippen LogP contribution in [-0.2, 0) is 14.3 Å². The van der Waals surface area contributed by atoms with Crippen LogP contribution in [0.1, 0.15) is 50.8 Å². The number of esters is 1. The first-order valence-corrected chi connectivity index (χ1v) is 9.43. The molecule has 25 heavy (non-hydrogen) atoms. The van der Waals surface area contributed by atoms with Gasteiger partial charge in [-0.3, -0.25) is 9.69 Å². The van der Waals surface area contributed by atoms with E-state index in [1.807, 2.05) is 12.1 Å². The molecule has 1 aromatic rings. The highest BCUT2D eigenvalue weighted by molar-refractivity contribution is 8.15. The molecule has 0 aliphatic carbocycles. The Hall–Kier alpha value is -2.08. The molecule has 2 heterocycles. The maximum absolute atomic E-state index is 12.6. The minimum absolute atomic E-state index is 0.0315. The number of carbonyl (C=O) groups excluding carboxylic acids is 2. The molecular formula is C19H22N2O3S. The Kier molecular flexibility index (Phi) is 4.99. The monoisotopic (exact) mass is 358 g/mol. The van der Waals surface area contributed by atoms with E-state index in [-0.39, 0.29) is 12.5 Å². The Balaban J connectivity index is 2.09. The van der Waals surface area contributed by atoms with E-state index in [0.717, 1.165) is 5.56 Å². The van der Waals surface area contributed by atoms with Crippen molar-refractivity contribution in [3.63, 3.8) is 0 Å². The molecule has 2 aliphatic rings. The highest BCUT2D eigenvalue weighted by Gasteiger charge is 2.43. The summed E-state index contributed by atoms with van der Waals surface area (Å²) in [6.45, 7) is 8.13. The van der Waals surface area contributed by atoms with Crippen LogP contribution >= 0.6 is 11.8 Å². The smallest absolute Gasteiger partial charge is 0.338 e. The second-order valence-corrected chi connectivity index (χ2v) is 7.33. The maximum Gasteiger partial charge on any atom is 0.338 e. The van der Waals surface area contributed by atoms with Crippen LogP contribution in [0, 0.1) is 0 Å². The minimum atomic E-state index is -0.477. The van der Waals surface area contributed by atoms with E-state index in [0.29, 0.717) is 28.1 Å². The summed E-state index contributed by atoms with van der Waals surface area (Å²) in [7, 11) is 0. The van der Waals surface area contributed by atoms with Crippen LogP contribution in [0.4, 0.5) is 0 Å². The quantitative estimate of drug-likeness (QED) is 0.771. The van der Waals surface area contributed by atoms with E-state index in [2.05, 4.69) is 31.0 Å². The fourth-order valence-corrected chi connectivity index (χ4v) is 4.03. The summed E-state index contributed by atoms with van der Waals surface area (Å²) in [6, 6.07) is 7.61. The number of amidine groups is 1. The number of carbonyl (C=O) groups is 2. The number of aliphatic imine (C=N–C) groups is 1. The van der Waals surface area contributed by atoms with Gasteiger partial charge in [0.2, 0.25) is 5.91 Å². The summed E-state index contributed by atoms with van der Waals surface area (Å²) in [4.78, 5) is 31.1. The molecule has 5 nitrogen and oxygen atoms in total. The molecule has 1 atom stereocenters. The Labute approximate surface area is 152 Å². The Morgan fingerprint density at radius 2 is 2.04 bits per heavy atom. The molecule has 0 spiro atoms. The number of ether oxygens (including phenoxy) is 1. The van der Waals surface area contributed by atoms with Crippen molar-refractivity contribution in [1.29, 1.82) is 0 Å². The van der Waals surface area contributed by atoms with Gasteiger partial charge in [-0.05, 0) is 30.9 Å². The molecule has 2 aliphatic heterocycles. The van der Waals surface area contributed by atoms with Gasteiger partial charge < -0.3 is 4.74 Å². The molecule has 0 radical (unpaired) electrons. The molecule has 0 saturated carbocycles. The molecule has 1 unspecified atom stereocenters. The average molecular weight is 358 g/mol. The third kappa shape index (κ3) is 3.23. The van der Waals surface area contributed by atoms with Gasteiger partial charge in [-0.2, -0.15) is 0 Å². The summed E-state index contributed by atoms with van der Waals surface area (Å²) in [5.74, 6) is 0.327. The van der Waals surface area contributed by atoms with Crippen molar-refractivity contribution in [3.05, 3.63) is 46.7 Å². The largest absolute Gasteiger partial charge is 0.463 e. The van der Waals surface area contributed by atoms with E-state index in [4.69, 9.17) is 4.74 Å². The van der Waals surface area contributed by atoms with E-state index in [9.17, 15) is 9.59 Å². The Bertz CT molecular complexity index is 765. The first kappa shape index (κ1) is 17.7. The van der Waals surface area contributed by atoms with E-state index in [1.165, 1.54) is 17.3 Å². The van der Waals surface area contributed by atoms with Crippen molar-refractivity contribution in [2.75, 3.05) is 12.4 Å². The molecule has 1 fully saturated rings. The molecule has 1 aromatic carbocycles. The third-order valence-electron chi connectivity index (χ3n) is 4.40. The van der Waals surface area contributed by atoms with Crippen LogP contribution in [0.15, 0.2) is 40.5 Å². The van der Waals surface area contributed by atoms with Gasteiger partial charge in [-0.25, -0.2) is 9.79 Å². The molecule has 0 aromatic heterocycles. The van der Waals surface area contributed by atoms with Gasteiger partial charge in [0.25, 0.3) is 0 Å². The van der Waals surface area contributed by atoms with Crippen molar-refractivity contribution >= 4 is 28.8 Å². The predicted molar refractivity (Wildman–Crippen MR) is 99.3 cm³/mol. The fourth-order valence-electron chi connectivity index (χ4n) is 3.09. The summed E-state index contributed by atoms with van der Waals surface area (Å²) in [6.07, 6.45) is 0. The van der Waals surface area contributed by atoms with Gasteiger partial charge in [-0.15, -0.1) is 0 Å². The number of benzene rings is 1. The number of amides is 1. The summed E-state index contributed by atoms with van der Waals surface area (Å²) < 4.78 is 5.24. The van der Waals surface area contributed by atoms with E-state index in [1.54, 1.807) is 18.7 Å². The molecule has 1 saturated heterocycles. The van der Waals surface area contributed by atoms with E-state index < -0.39 is 12.0 Å². The Morgan fingerprint density at radius 3 is 2.64 bits per heavy atom. The maximum atomic E-state index is 12.6. The zero-order valence-corrected chi connectivity index (χ0v) is 15.7. The lowest BCUT2D eigenvalue weighted by atomic mass is 9.92. The van der Waals surface area contributed by atoms with Crippen LogP contribution in [0.5, 0.6) is 0 Å². The van der Waals surface area contributed by atoms with Crippen molar-refractivity contribution in [3.8, 4) is 0 Å². The van der Waals surface area contributed by atoms with Gasteiger partial charge in [0.15, 0.2) is 5.17 Å². The van der Waals surface area contributed by atoms with Gasteiger partial charge in [0, 0.05) is 0 Å². The second-order valence-electron chi connectivity index (χ2n) is 6.39. The number of hydrogen-bond donors (Lipinski definition) is 0. The lowest BCUT2D eigenvalue weighted by Gasteiger charge is -2.33. The summed E-state index contributed by atoms with van der Waals surface area (Å²) in [5, 5.41) is 0.661. The highest BCUT2D eigenvalue weighted by Crippen LogP contribution is 2.41. The minimum Gasteiger partial charge on any atom is -0.463 e. The van der Waals surface area contributed by atoms with Crippen molar-refractivity contribution in [2.24, 2.45) is 4.99 Å². The zero-order chi connectivity index (χ0) is 18.1. The van der Waals surface area contributed by atoms with Gasteiger partial charge in [0.1, 0.15) is 0 Å². The number of thioether (sulfide) groups is 1. The number of hydrogen-bond acceptors (Lipinski definition) is 5. The average Bonchev–Trinajstić information content (AvgIpc) is 2.94. The molecule has 0 bridgehead atoms. The van der Waals surface area contributed by atoms with Crippen LogP contribution in [0.2, 0.25) is 0 Å². The van der Waals surface area contributed by atoms with Gasteiger partial charge in [-0.1, -0.05) is 49.9 Å². The van der Waals surface area contributed by atoms with E-state index >= 15 is 0 Å². The molecule has 1 amide bonds. The third-order valence-corrected chi connectivity index (χ3v) is 5.34. The lowest BCUT2D eigenvalue weighted by Crippen LogP contribution is -2.39. The second kappa shape index (κ2) is 7.04. The molecule has 3 rings (SSSR count). The molecule has 132 valence electrons. The number of allylic oxidation sites excluding steroid dienone is 1. The van der Waals surface area contributed by atoms with Gasteiger partial charge in [0.05, 0.1) is 29.7 Å². The topological polar surface area (TPSA) is 59.0 Å². The molecule has 6 heteroatoms. The first-order valence-electron chi connectivity index (χ1n) is 8.45.